The summed E-state index contributed by atoms with van der Waals surface area (Å²) in [4.78, 5) is 34.6. The van der Waals surface area contributed by atoms with Crippen LogP contribution in [-0.4, -0.2) is 67.4 Å². The Morgan fingerprint density at radius 1 is 1.32 bits per heavy atom. The van der Waals surface area contributed by atoms with Crippen molar-refractivity contribution in [3.63, 3.8) is 0 Å². The summed E-state index contributed by atoms with van der Waals surface area (Å²) in [5.74, 6) is -0.960. The second-order valence-corrected chi connectivity index (χ2v) is 11.5. The summed E-state index contributed by atoms with van der Waals surface area (Å²) in [5, 5.41) is 7.90. The number of amides is 2. The maximum Gasteiger partial charge on any atom is 0.257 e. The standard InChI is InChI=1S/C25H23BrCl2N6O5S/c1-33(14-4-5-14)25(36)15-9-13(27)10-18(26)21(15)31-24(35)17-12-34(8-6-20(17)39-40(37)38)23-16(11-30-32-23)22-19(28)3-2-7-29-22/h2-3,6-10,14,16,30H,4-5,11-12H2,1H3,(H,31,35)(H,37,38)/p-1. The molecule has 1 saturated carbocycles. The van der Waals surface area contributed by atoms with Crippen molar-refractivity contribution in [1.29, 1.82) is 0 Å². The zero-order valence-corrected chi connectivity index (χ0v) is 24.8. The van der Waals surface area contributed by atoms with Crippen LogP contribution in [0.4, 0.5) is 5.69 Å². The predicted molar refractivity (Wildman–Crippen MR) is 153 cm³/mol. The Kier molecular flexibility index (Phi) is 8.47. The van der Waals surface area contributed by atoms with Gasteiger partial charge >= 0.3 is 0 Å². The number of anilines is 1. The monoisotopic (exact) mass is 667 g/mol. The number of rotatable bonds is 7. The fraction of sp³-hybridized carbons (Fsp3) is 0.280. The summed E-state index contributed by atoms with van der Waals surface area (Å²) in [5.41, 5.74) is 3.91. The minimum Gasteiger partial charge on any atom is -0.740 e. The largest absolute Gasteiger partial charge is 0.740 e. The molecular formula is C25H22BrCl2N6O5S-. The summed E-state index contributed by atoms with van der Waals surface area (Å²) < 4.78 is 28.2. The van der Waals surface area contributed by atoms with Gasteiger partial charge in [0.25, 0.3) is 11.8 Å². The van der Waals surface area contributed by atoms with Gasteiger partial charge in [0, 0.05) is 41.5 Å². The van der Waals surface area contributed by atoms with Crippen molar-refractivity contribution >= 4 is 73.8 Å². The number of amidine groups is 1. The molecule has 0 spiro atoms. The van der Waals surface area contributed by atoms with E-state index in [2.05, 4.69) is 36.8 Å². The molecule has 0 radical (unpaired) electrons. The summed E-state index contributed by atoms with van der Waals surface area (Å²) >= 11 is 13.1. The summed E-state index contributed by atoms with van der Waals surface area (Å²) in [6.07, 6.45) is 6.35. The molecule has 11 nitrogen and oxygen atoms in total. The molecule has 2 atom stereocenters. The van der Waals surface area contributed by atoms with Crippen LogP contribution in [0.3, 0.4) is 0 Å². The Bertz CT molecular complexity index is 1500. The van der Waals surface area contributed by atoms with Crippen LogP contribution < -0.4 is 10.7 Å². The molecule has 15 heteroatoms. The second kappa shape index (κ2) is 11.9. The van der Waals surface area contributed by atoms with Gasteiger partial charge in [0.15, 0.2) is 5.76 Å². The highest BCUT2D eigenvalue weighted by Gasteiger charge is 2.35. The van der Waals surface area contributed by atoms with E-state index < -0.39 is 17.3 Å². The van der Waals surface area contributed by atoms with Gasteiger partial charge in [-0.05, 0) is 59.1 Å². The van der Waals surface area contributed by atoms with Crippen molar-refractivity contribution in [1.82, 2.24) is 20.2 Å². The lowest BCUT2D eigenvalue weighted by molar-refractivity contribution is -0.113. The Morgan fingerprint density at radius 3 is 2.80 bits per heavy atom. The first kappa shape index (κ1) is 28.6. The maximum absolute atomic E-state index is 13.7. The van der Waals surface area contributed by atoms with E-state index in [1.165, 1.54) is 12.1 Å². The molecule has 3 aliphatic rings. The lowest BCUT2D eigenvalue weighted by atomic mass is 10.0. The number of allylic oxidation sites excluding steroid dienone is 1. The van der Waals surface area contributed by atoms with Crippen LogP contribution >= 0.6 is 39.1 Å². The number of hydrogen-bond donors (Lipinski definition) is 2. The number of halogens is 3. The molecule has 210 valence electrons. The number of hydrazone groups is 1. The van der Waals surface area contributed by atoms with E-state index in [0.717, 1.165) is 12.8 Å². The average molecular weight is 669 g/mol. The molecule has 2 aromatic rings. The van der Waals surface area contributed by atoms with Gasteiger partial charge in [-0.15, -0.1) is 0 Å². The Hall–Kier alpha value is -2.97. The number of pyridine rings is 1. The number of carbonyl (C=O) groups is 2. The fourth-order valence-electron chi connectivity index (χ4n) is 4.45. The van der Waals surface area contributed by atoms with Gasteiger partial charge < -0.3 is 29.3 Å². The van der Waals surface area contributed by atoms with E-state index in [1.807, 2.05) is 0 Å². The van der Waals surface area contributed by atoms with Crippen LogP contribution in [0.15, 0.2) is 63.6 Å². The molecule has 0 bridgehead atoms. The quantitative estimate of drug-likeness (QED) is 0.424. The van der Waals surface area contributed by atoms with Crippen LogP contribution in [0.25, 0.3) is 0 Å². The van der Waals surface area contributed by atoms with Crippen molar-refractivity contribution in [2.24, 2.45) is 5.10 Å². The normalized spacial score (nSPS) is 19.2. The molecule has 1 aromatic heterocycles. The van der Waals surface area contributed by atoms with Crippen molar-refractivity contribution in [3.05, 3.63) is 79.8 Å². The number of aromatic nitrogens is 1. The van der Waals surface area contributed by atoms with Crippen LogP contribution in [0, 0.1) is 0 Å². The third-order valence-electron chi connectivity index (χ3n) is 6.61. The Labute approximate surface area is 250 Å². The summed E-state index contributed by atoms with van der Waals surface area (Å²) in [7, 11) is 1.70. The number of nitrogens with zero attached hydrogens (tertiary/aromatic N) is 4. The predicted octanol–water partition coefficient (Wildman–Crippen LogP) is 3.92. The number of carbonyl (C=O) groups excluding carboxylic acids is 2. The van der Waals surface area contributed by atoms with E-state index in [9.17, 15) is 18.4 Å². The molecule has 0 saturated heterocycles. The molecule has 2 N–H and O–H groups in total. The topological polar surface area (TPSA) is 139 Å². The lowest BCUT2D eigenvalue weighted by Crippen LogP contribution is -2.37. The third-order valence-corrected chi connectivity index (χ3v) is 8.09. The van der Waals surface area contributed by atoms with Gasteiger partial charge in [0.05, 0.1) is 40.0 Å². The van der Waals surface area contributed by atoms with Crippen molar-refractivity contribution in [2.45, 2.75) is 24.8 Å². The van der Waals surface area contributed by atoms with E-state index in [4.69, 9.17) is 27.4 Å². The van der Waals surface area contributed by atoms with Gasteiger partial charge in [0.2, 0.25) is 0 Å². The van der Waals surface area contributed by atoms with Crippen LogP contribution in [0.5, 0.6) is 0 Å². The first-order valence-corrected chi connectivity index (χ1v) is 14.6. The maximum atomic E-state index is 13.7. The summed E-state index contributed by atoms with van der Waals surface area (Å²) in [6, 6.07) is 6.61. The minimum atomic E-state index is -2.94. The molecule has 3 heterocycles. The zero-order chi connectivity index (χ0) is 28.6. The van der Waals surface area contributed by atoms with Crippen LogP contribution in [-0.2, 0) is 20.3 Å². The van der Waals surface area contributed by atoms with E-state index in [1.54, 1.807) is 47.4 Å². The number of benzene rings is 1. The van der Waals surface area contributed by atoms with E-state index in [-0.39, 0.29) is 47.0 Å². The van der Waals surface area contributed by atoms with Gasteiger partial charge in [0.1, 0.15) is 17.2 Å². The van der Waals surface area contributed by atoms with Crippen molar-refractivity contribution in [3.8, 4) is 0 Å². The SMILES string of the molecule is CN(C(=O)c1cc(Cl)cc(Br)c1NC(=O)C1=C(OS(=O)[O-])C=CN(C2=NNCC2c2ncccc2Cl)C1)C1CC1. The highest BCUT2D eigenvalue weighted by atomic mass is 79.9. The molecule has 2 amide bonds. The van der Waals surface area contributed by atoms with E-state index in [0.29, 0.717) is 32.6 Å². The lowest BCUT2D eigenvalue weighted by Gasteiger charge is -2.29. The smallest absolute Gasteiger partial charge is 0.257 e. The summed E-state index contributed by atoms with van der Waals surface area (Å²) in [6.45, 7) is 0.333. The molecule has 1 aromatic carbocycles. The van der Waals surface area contributed by atoms with Gasteiger partial charge in [-0.1, -0.05) is 23.2 Å². The Balaban J connectivity index is 1.45. The van der Waals surface area contributed by atoms with Gasteiger partial charge in [-0.3, -0.25) is 14.6 Å². The minimum absolute atomic E-state index is 0.0111. The number of nitrogens with one attached hydrogen (secondary N) is 2. The van der Waals surface area contributed by atoms with Crippen molar-refractivity contribution in [2.75, 3.05) is 25.5 Å². The molecular weight excluding hydrogens is 647 g/mol. The van der Waals surface area contributed by atoms with Crippen LogP contribution in [0.2, 0.25) is 10.0 Å². The van der Waals surface area contributed by atoms with Gasteiger partial charge in [-0.25, -0.2) is 4.21 Å². The fourth-order valence-corrected chi connectivity index (χ4v) is 5.92. The molecule has 1 fully saturated rings. The Morgan fingerprint density at radius 2 is 2.10 bits per heavy atom. The molecule has 40 heavy (non-hydrogen) atoms. The highest BCUT2D eigenvalue weighted by Crippen LogP contribution is 2.35. The number of hydrogen-bond acceptors (Lipinski definition) is 9. The van der Waals surface area contributed by atoms with Crippen molar-refractivity contribution < 1.29 is 22.5 Å². The van der Waals surface area contributed by atoms with E-state index >= 15 is 0 Å². The first-order valence-electron chi connectivity index (χ1n) is 12.1. The average Bonchev–Trinajstić information content (AvgIpc) is 3.66. The molecule has 5 rings (SSSR count). The highest BCUT2D eigenvalue weighted by molar-refractivity contribution is 9.10. The second-order valence-electron chi connectivity index (χ2n) is 9.24. The molecule has 1 aliphatic carbocycles. The molecule has 2 unspecified atom stereocenters. The molecule has 2 aliphatic heterocycles. The van der Waals surface area contributed by atoms with Crippen LogP contribution in [0.1, 0.15) is 34.8 Å². The third kappa shape index (κ3) is 6.03. The van der Waals surface area contributed by atoms with Gasteiger partial charge in [-0.2, -0.15) is 5.10 Å². The zero-order valence-electron chi connectivity index (χ0n) is 20.9. The first-order chi connectivity index (χ1) is 19.1.